The van der Waals surface area contributed by atoms with Gasteiger partial charge in [0.15, 0.2) is 0 Å². The van der Waals surface area contributed by atoms with E-state index in [0.717, 1.165) is 31.8 Å². The number of nitrogens with zero attached hydrogens (tertiary/aromatic N) is 1. The van der Waals surface area contributed by atoms with Crippen LogP contribution in [0.5, 0.6) is 0 Å². The fraction of sp³-hybridized carbons (Fsp3) is 0.611. The monoisotopic (exact) mass is 318 g/mol. The summed E-state index contributed by atoms with van der Waals surface area (Å²) in [5, 5.41) is 3.18. The largest absolute Gasteiger partial charge is 0.355 e. The molecule has 0 aromatic heterocycles. The van der Waals surface area contributed by atoms with Gasteiger partial charge in [-0.2, -0.15) is 0 Å². The van der Waals surface area contributed by atoms with E-state index in [1.165, 1.54) is 36.4 Å². The second kappa shape index (κ2) is 7.51. The average Bonchev–Trinajstić information content (AvgIpc) is 2.97. The van der Waals surface area contributed by atoms with Gasteiger partial charge >= 0.3 is 0 Å². The van der Waals surface area contributed by atoms with Crippen molar-refractivity contribution in [3.05, 3.63) is 29.8 Å². The zero-order chi connectivity index (χ0) is 15.4. The van der Waals surface area contributed by atoms with E-state index in [1.54, 1.807) is 11.8 Å². The number of hydrogen-bond donors (Lipinski definition) is 1. The van der Waals surface area contributed by atoms with Gasteiger partial charge < -0.3 is 10.2 Å². The highest BCUT2D eigenvalue weighted by atomic mass is 32.2. The Morgan fingerprint density at radius 3 is 2.86 bits per heavy atom. The molecule has 1 aromatic carbocycles. The van der Waals surface area contributed by atoms with Crippen molar-refractivity contribution < 1.29 is 4.79 Å². The van der Waals surface area contributed by atoms with Crippen molar-refractivity contribution >= 4 is 17.7 Å². The molecule has 1 unspecified atom stereocenters. The predicted octanol–water partition coefficient (Wildman–Crippen LogP) is 2.94. The first-order chi connectivity index (χ1) is 10.7. The van der Waals surface area contributed by atoms with Crippen molar-refractivity contribution in [3.8, 4) is 0 Å². The number of carbonyl (C=O) groups is 1. The Labute approximate surface area is 137 Å². The van der Waals surface area contributed by atoms with Crippen LogP contribution in [0.2, 0.25) is 0 Å². The molecule has 120 valence electrons. The molecule has 3 nitrogen and oxygen atoms in total. The van der Waals surface area contributed by atoms with Crippen molar-refractivity contribution in [1.82, 2.24) is 10.2 Å². The molecular formula is C18H26N2OS. The predicted molar refractivity (Wildman–Crippen MR) is 92.3 cm³/mol. The van der Waals surface area contributed by atoms with Gasteiger partial charge in [-0.1, -0.05) is 25.1 Å². The lowest BCUT2D eigenvalue weighted by atomic mass is 9.99. The first-order valence-corrected chi connectivity index (χ1v) is 9.35. The quantitative estimate of drug-likeness (QED) is 0.847. The minimum atomic E-state index is 0.0632. The van der Waals surface area contributed by atoms with E-state index in [0.29, 0.717) is 0 Å². The van der Waals surface area contributed by atoms with E-state index < -0.39 is 0 Å². The summed E-state index contributed by atoms with van der Waals surface area (Å²) in [6, 6.07) is 8.35. The van der Waals surface area contributed by atoms with Crippen LogP contribution in [0.4, 0.5) is 0 Å². The highest BCUT2D eigenvalue weighted by molar-refractivity contribution is 8.01. The van der Waals surface area contributed by atoms with E-state index in [9.17, 15) is 4.79 Å². The average molecular weight is 318 g/mol. The third-order valence-corrected chi connectivity index (χ3v) is 6.08. The molecule has 0 saturated carbocycles. The van der Waals surface area contributed by atoms with E-state index in [-0.39, 0.29) is 11.2 Å². The van der Waals surface area contributed by atoms with Crippen LogP contribution >= 0.6 is 11.8 Å². The number of piperidine rings is 1. The Kier molecular flexibility index (Phi) is 5.42. The number of rotatable bonds is 5. The number of likely N-dealkylation sites (tertiary alicyclic amines) is 1. The van der Waals surface area contributed by atoms with Crippen LogP contribution < -0.4 is 5.32 Å². The lowest BCUT2D eigenvalue weighted by Crippen LogP contribution is -2.37. The molecule has 22 heavy (non-hydrogen) atoms. The number of nitrogens with one attached hydrogen (secondary N) is 1. The van der Waals surface area contributed by atoms with E-state index >= 15 is 0 Å². The van der Waals surface area contributed by atoms with Crippen LogP contribution in [-0.2, 0) is 11.2 Å². The molecule has 2 heterocycles. The highest BCUT2D eigenvalue weighted by Crippen LogP contribution is 2.36. The summed E-state index contributed by atoms with van der Waals surface area (Å²) in [5.41, 5.74) is 1.31. The molecule has 1 amide bonds. The molecular weight excluding hydrogens is 292 g/mol. The van der Waals surface area contributed by atoms with Gasteiger partial charge in [-0.3, -0.25) is 4.79 Å². The topological polar surface area (TPSA) is 32.3 Å². The molecule has 2 aliphatic heterocycles. The fourth-order valence-electron chi connectivity index (χ4n) is 3.24. The summed E-state index contributed by atoms with van der Waals surface area (Å²) < 4.78 is 0. The highest BCUT2D eigenvalue weighted by Gasteiger charge is 2.27. The minimum absolute atomic E-state index is 0.0632. The molecule has 1 saturated heterocycles. The second-order valence-corrected chi connectivity index (χ2v) is 7.83. The van der Waals surface area contributed by atoms with Gasteiger partial charge in [0.2, 0.25) is 5.91 Å². The maximum Gasteiger partial charge on any atom is 0.233 e. The lowest BCUT2D eigenvalue weighted by Gasteiger charge is -2.30. The summed E-state index contributed by atoms with van der Waals surface area (Å²) in [7, 11) is 0. The summed E-state index contributed by atoms with van der Waals surface area (Å²) >= 11 is 1.71. The van der Waals surface area contributed by atoms with Crippen molar-refractivity contribution in [3.63, 3.8) is 0 Å². The van der Waals surface area contributed by atoms with Gasteiger partial charge in [-0.05, 0) is 62.9 Å². The molecule has 1 fully saturated rings. The Bertz CT molecular complexity index is 487. The molecule has 3 rings (SSSR count). The molecule has 0 bridgehead atoms. The summed E-state index contributed by atoms with van der Waals surface area (Å²) in [6.07, 6.45) is 4.58. The number of fused-ring (bicyclic) bond motifs is 1. The Hall–Kier alpha value is -1.00. The molecule has 0 spiro atoms. The van der Waals surface area contributed by atoms with Gasteiger partial charge in [0.25, 0.3) is 0 Å². The first-order valence-electron chi connectivity index (χ1n) is 8.47. The first kappa shape index (κ1) is 15.9. The van der Waals surface area contributed by atoms with Crippen LogP contribution in [0.1, 0.15) is 31.7 Å². The van der Waals surface area contributed by atoms with E-state index in [4.69, 9.17) is 0 Å². The number of hydrogen-bond acceptors (Lipinski definition) is 3. The Balaban J connectivity index is 1.34. The van der Waals surface area contributed by atoms with Crippen molar-refractivity contribution in [1.29, 1.82) is 0 Å². The summed E-state index contributed by atoms with van der Waals surface area (Å²) in [4.78, 5) is 16.1. The van der Waals surface area contributed by atoms with Crippen molar-refractivity contribution in [2.45, 2.75) is 42.8 Å². The summed E-state index contributed by atoms with van der Waals surface area (Å²) in [5.74, 6) is 1.09. The van der Waals surface area contributed by atoms with E-state index in [1.807, 2.05) is 6.07 Å². The van der Waals surface area contributed by atoms with Crippen molar-refractivity contribution in [2.75, 3.05) is 26.2 Å². The van der Waals surface area contributed by atoms with Gasteiger partial charge in [0, 0.05) is 11.4 Å². The normalized spacial score (nSPS) is 22.5. The number of thioether (sulfide) groups is 1. The SMILES string of the molecule is CC1CCN(CCCNC(=O)C2Cc3ccccc3S2)CC1. The van der Waals surface area contributed by atoms with Gasteiger partial charge in [-0.25, -0.2) is 0 Å². The molecule has 1 atom stereocenters. The van der Waals surface area contributed by atoms with Crippen LogP contribution in [0.3, 0.4) is 0 Å². The Morgan fingerprint density at radius 1 is 1.32 bits per heavy atom. The molecule has 0 aliphatic carbocycles. The maximum absolute atomic E-state index is 12.3. The third kappa shape index (κ3) is 4.05. The summed E-state index contributed by atoms with van der Waals surface area (Å²) in [6.45, 7) is 6.71. The molecule has 4 heteroatoms. The molecule has 2 aliphatic rings. The minimum Gasteiger partial charge on any atom is -0.355 e. The zero-order valence-electron chi connectivity index (χ0n) is 13.4. The van der Waals surface area contributed by atoms with Crippen LogP contribution in [0.15, 0.2) is 29.2 Å². The van der Waals surface area contributed by atoms with Gasteiger partial charge in [-0.15, -0.1) is 11.8 Å². The Morgan fingerprint density at radius 2 is 2.09 bits per heavy atom. The lowest BCUT2D eigenvalue weighted by molar-refractivity contribution is -0.120. The standard InChI is InChI=1S/C18H26N2OS/c1-14-7-11-20(12-8-14)10-4-9-19-18(21)17-13-15-5-2-3-6-16(15)22-17/h2-3,5-6,14,17H,4,7-13H2,1H3,(H,19,21). The third-order valence-electron chi connectivity index (χ3n) is 4.77. The van der Waals surface area contributed by atoms with Crippen LogP contribution in [0.25, 0.3) is 0 Å². The molecule has 1 aromatic rings. The maximum atomic E-state index is 12.3. The van der Waals surface area contributed by atoms with Gasteiger partial charge in [0.1, 0.15) is 0 Å². The second-order valence-electron chi connectivity index (χ2n) is 6.59. The van der Waals surface area contributed by atoms with Crippen LogP contribution in [0, 0.1) is 5.92 Å². The number of benzene rings is 1. The van der Waals surface area contributed by atoms with Gasteiger partial charge in [0.05, 0.1) is 5.25 Å². The van der Waals surface area contributed by atoms with Crippen LogP contribution in [-0.4, -0.2) is 42.2 Å². The fourth-order valence-corrected chi connectivity index (χ4v) is 4.46. The van der Waals surface area contributed by atoms with E-state index in [2.05, 4.69) is 35.3 Å². The molecule has 1 N–H and O–H groups in total. The molecule has 0 radical (unpaired) electrons. The van der Waals surface area contributed by atoms with Crippen molar-refractivity contribution in [2.24, 2.45) is 5.92 Å². The number of carbonyl (C=O) groups excluding carboxylic acids is 1. The smallest absolute Gasteiger partial charge is 0.233 e. The zero-order valence-corrected chi connectivity index (χ0v) is 14.2. The number of amides is 1.